The molecule has 16 heavy (non-hydrogen) atoms. The van der Waals surface area contributed by atoms with Crippen LogP contribution in [0.1, 0.15) is 19.8 Å². The number of imidazole rings is 1. The average Bonchev–Trinajstić information content (AvgIpc) is 2.70. The monoisotopic (exact) mass is 245 g/mol. The van der Waals surface area contributed by atoms with E-state index in [1.165, 1.54) is 0 Å². The highest BCUT2D eigenvalue weighted by atomic mass is 32.2. The third kappa shape index (κ3) is 3.94. The summed E-state index contributed by atoms with van der Waals surface area (Å²) in [6, 6.07) is 0. The molecule has 1 heterocycles. The minimum atomic E-state index is -2.99. The molecule has 1 atom stereocenters. The zero-order chi connectivity index (χ0) is 12.0. The largest absolute Gasteiger partial charge is 0.337 e. The van der Waals surface area contributed by atoms with Gasteiger partial charge >= 0.3 is 0 Å². The van der Waals surface area contributed by atoms with Gasteiger partial charge in [0.05, 0.1) is 17.3 Å². The molecule has 1 aromatic heterocycles. The number of sulfone groups is 1. The van der Waals surface area contributed by atoms with Crippen molar-refractivity contribution in [1.29, 1.82) is 0 Å². The lowest BCUT2D eigenvalue weighted by atomic mass is 10.3. The lowest BCUT2D eigenvalue weighted by Crippen LogP contribution is -2.24. The van der Waals surface area contributed by atoms with Crippen LogP contribution in [0.15, 0.2) is 18.7 Å². The normalized spacial score (nSPS) is 13.9. The summed E-state index contributed by atoms with van der Waals surface area (Å²) in [5.41, 5.74) is 5.36. The molecule has 0 fully saturated rings. The Labute approximate surface area is 96.6 Å². The number of hydrogen-bond acceptors (Lipinski definition) is 4. The van der Waals surface area contributed by atoms with E-state index in [1.807, 2.05) is 10.8 Å². The molecule has 5 nitrogen and oxygen atoms in total. The standard InChI is InChI=1S/C10H19N3O2S/c1-10(3-4-11)16(14,15)8-2-6-13-7-5-12-9-13/h5,7,9-10H,2-4,6,8,11H2,1H3. The van der Waals surface area contributed by atoms with Crippen molar-refractivity contribution in [2.75, 3.05) is 12.3 Å². The van der Waals surface area contributed by atoms with E-state index < -0.39 is 9.84 Å². The fourth-order valence-electron chi connectivity index (χ4n) is 1.48. The van der Waals surface area contributed by atoms with Crippen molar-refractivity contribution in [3.63, 3.8) is 0 Å². The highest BCUT2D eigenvalue weighted by Crippen LogP contribution is 2.07. The number of hydrogen-bond donors (Lipinski definition) is 1. The van der Waals surface area contributed by atoms with Gasteiger partial charge in [-0.2, -0.15) is 0 Å². The van der Waals surface area contributed by atoms with Crippen molar-refractivity contribution in [3.8, 4) is 0 Å². The SMILES string of the molecule is CC(CCN)S(=O)(=O)CCCn1ccnc1. The molecule has 1 rings (SSSR count). The van der Waals surface area contributed by atoms with Gasteiger partial charge in [0.25, 0.3) is 0 Å². The first-order valence-corrected chi connectivity index (χ1v) is 7.15. The summed E-state index contributed by atoms with van der Waals surface area (Å²) in [6.07, 6.45) is 6.36. The Hall–Kier alpha value is -0.880. The van der Waals surface area contributed by atoms with Gasteiger partial charge in [0.1, 0.15) is 0 Å². The lowest BCUT2D eigenvalue weighted by molar-refractivity contribution is 0.569. The van der Waals surface area contributed by atoms with Crippen LogP contribution in [0.5, 0.6) is 0 Å². The van der Waals surface area contributed by atoms with Crippen molar-refractivity contribution in [1.82, 2.24) is 9.55 Å². The predicted molar refractivity (Wildman–Crippen MR) is 63.8 cm³/mol. The van der Waals surface area contributed by atoms with Gasteiger partial charge in [-0.1, -0.05) is 0 Å². The van der Waals surface area contributed by atoms with Gasteiger partial charge in [0, 0.05) is 18.9 Å². The summed E-state index contributed by atoms with van der Waals surface area (Å²) in [7, 11) is -2.99. The van der Waals surface area contributed by atoms with Crippen LogP contribution in [0, 0.1) is 0 Å². The molecule has 1 aromatic rings. The summed E-state index contributed by atoms with van der Waals surface area (Å²) in [6.45, 7) is 2.83. The smallest absolute Gasteiger partial charge is 0.153 e. The molecule has 0 aliphatic heterocycles. The van der Waals surface area contributed by atoms with Gasteiger partial charge in [0.2, 0.25) is 0 Å². The second-order valence-electron chi connectivity index (χ2n) is 3.91. The van der Waals surface area contributed by atoms with Crippen LogP contribution in [-0.2, 0) is 16.4 Å². The second kappa shape index (κ2) is 6.00. The molecule has 0 amide bonds. The van der Waals surface area contributed by atoms with Crippen LogP contribution in [0.3, 0.4) is 0 Å². The average molecular weight is 245 g/mol. The molecule has 0 saturated heterocycles. The molecule has 1 unspecified atom stereocenters. The van der Waals surface area contributed by atoms with Crippen molar-refractivity contribution in [2.45, 2.75) is 31.6 Å². The fraction of sp³-hybridized carbons (Fsp3) is 0.700. The van der Waals surface area contributed by atoms with Crippen molar-refractivity contribution < 1.29 is 8.42 Å². The minimum Gasteiger partial charge on any atom is -0.337 e. The van der Waals surface area contributed by atoms with E-state index in [0.29, 0.717) is 25.9 Å². The predicted octanol–water partition coefficient (Wildman–Crippen LogP) is 0.425. The first kappa shape index (κ1) is 13.2. The van der Waals surface area contributed by atoms with Crippen molar-refractivity contribution in [2.24, 2.45) is 5.73 Å². The van der Waals surface area contributed by atoms with Gasteiger partial charge in [-0.25, -0.2) is 13.4 Å². The maximum Gasteiger partial charge on any atom is 0.153 e. The molecule has 0 spiro atoms. The Bertz CT molecular complexity index is 386. The third-order valence-corrected chi connectivity index (χ3v) is 4.91. The molecule has 0 radical (unpaired) electrons. The number of aromatic nitrogens is 2. The quantitative estimate of drug-likeness (QED) is 0.755. The lowest BCUT2D eigenvalue weighted by Gasteiger charge is -2.11. The summed E-state index contributed by atoms with van der Waals surface area (Å²) < 4.78 is 25.4. The van der Waals surface area contributed by atoms with Crippen LogP contribution in [0.2, 0.25) is 0 Å². The summed E-state index contributed by atoms with van der Waals surface area (Å²) >= 11 is 0. The Morgan fingerprint density at radius 1 is 1.50 bits per heavy atom. The van der Waals surface area contributed by atoms with Crippen LogP contribution in [0.25, 0.3) is 0 Å². The number of rotatable bonds is 7. The maximum atomic E-state index is 11.8. The molecule has 92 valence electrons. The van der Waals surface area contributed by atoms with Crippen molar-refractivity contribution >= 4 is 9.84 Å². The highest BCUT2D eigenvalue weighted by Gasteiger charge is 2.19. The van der Waals surface area contributed by atoms with E-state index in [-0.39, 0.29) is 11.0 Å². The van der Waals surface area contributed by atoms with Crippen LogP contribution >= 0.6 is 0 Å². The Morgan fingerprint density at radius 3 is 2.81 bits per heavy atom. The van der Waals surface area contributed by atoms with Gasteiger partial charge in [-0.3, -0.25) is 0 Å². The second-order valence-corrected chi connectivity index (χ2v) is 6.45. The Kier molecular flexibility index (Phi) is 4.95. The van der Waals surface area contributed by atoms with E-state index in [1.54, 1.807) is 19.4 Å². The van der Waals surface area contributed by atoms with Gasteiger partial charge in [-0.05, 0) is 26.3 Å². The van der Waals surface area contributed by atoms with E-state index in [0.717, 1.165) is 0 Å². The van der Waals surface area contributed by atoms with E-state index in [9.17, 15) is 8.42 Å². The van der Waals surface area contributed by atoms with E-state index >= 15 is 0 Å². The Balaban J connectivity index is 2.36. The molecule has 0 aliphatic carbocycles. The van der Waals surface area contributed by atoms with E-state index in [4.69, 9.17) is 5.73 Å². The van der Waals surface area contributed by atoms with Crippen LogP contribution < -0.4 is 5.73 Å². The molecular weight excluding hydrogens is 226 g/mol. The first-order valence-electron chi connectivity index (χ1n) is 5.43. The molecule has 0 aliphatic rings. The van der Waals surface area contributed by atoms with Crippen molar-refractivity contribution in [3.05, 3.63) is 18.7 Å². The number of nitrogens with two attached hydrogens (primary N) is 1. The molecular formula is C10H19N3O2S. The summed E-state index contributed by atoms with van der Waals surface area (Å²) in [5.74, 6) is 0.215. The zero-order valence-electron chi connectivity index (χ0n) is 9.54. The van der Waals surface area contributed by atoms with Gasteiger partial charge < -0.3 is 10.3 Å². The number of nitrogens with zero attached hydrogens (tertiary/aromatic N) is 2. The minimum absolute atomic E-state index is 0.215. The molecule has 0 bridgehead atoms. The summed E-state index contributed by atoms with van der Waals surface area (Å²) in [4.78, 5) is 3.90. The fourth-order valence-corrected chi connectivity index (χ4v) is 2.91. The number of aryl methyl sites for hydroxylation is 1. The van der Waals surface area contributed by atoms with Crippen LogP contribution in [0.4, 0.5) is 0 Å². The molecule has 2 N–H and O–H groups in total. The van der Waals surface area contributed by atoms with E-state index in [2.05, 4.69) is 4.98 Å². The van der Waals surface area contributed by atoms with Gasteiger partial charge in [0.15, 0.2) is 9.84 Å². The maximum absolute atomic E-state index is 11.8. The molecule has 6 heteroatoms. The summed E-state index contributed by atoms with van der Waals surface area (Å²) in [5, 5.41) is -0.333. The van der Waals surface area contributed by atoms with Crippen LogP contribution in [-0.4, -0.2) is 35.5 Å². The van der Waals surface area contributed by atoms with Gasteiger partial charge in [-0.15, -0.1) is 0 Å². The Morgan fingerprint density at radius 2 is 2.25 bits per heavy atom. The zero-order valence-corrected chi connectivity index (χ0v) is 10.4. The first-order chi connectivity index (χ1) is 7.56. The highest BCUT2D eigenvalue weighted by molar-refractivity contribution is 7.91. The molecule has 0 saturated carbocycles. The topological polar surface area (TPSA) is 78.0 Å². The third-order valence-electron chi connectivity index (χ3n) is 2.59. The molecule has 0 aromatic carbocycles.